The first kappa shape index (κ1) is 12.8. The molecule has 0 fully saturated rings. The summed E-state index contributed by atoms with van der Waals surface area (Å²) in [6.45, 7) is 3.89. The molecule has 0 heterocycles. The number of allylic oxidation sites excluding steroid dienone is 4. The molecule has 0 saturated heterocycles. The van der Waals surface area contributed by atoms with Gasteiger partial charge in [0.25, 0.3) is 0 Å². The van der Waals surface area contributed by atoms with Crippen LogP contribution in [-0.2, 0) is 6.42 Å². The number of hydrogen-bond acceptors (Lipinski definition) is 1. The molecule has 0 radical (unpaired) electrons. The maximum Gasteiger partial charge on any atom is 0.159 e. The van der Waals surface area contributed by atoms with Gasteiger partial charge in [0.15, 0.2) is 5.78 Å². The molecule has 0 N–H and O–H groups in total. The van der Waals surface area contributed by atoms with E-state index in [0.29, 0.717) is 5.92 Å². The Hall–Kier alpha value is -1.63. The van der Waals surface area contributed by atoms with E-state index in [4.69, 9.17) is 0 Å². The van der Waals surface area contributed by atoms with Crippen LogP contribution >= 0.6 is 0 Å². The van der Waals surface area contributed by atoms with Gasteiger partial charge in [-0.3, -0.25) is 4.79 Å². The Labute approximate surface area is 109 Å². The molecule has 1 aromatic carbocycles. The summed E-state index contributed by atoms with van der Waals surface area (Å²) in [6, 6.07) is 7.99. The van der Waals surface area contributed by atoms with E-state index in [9.17, 15) is 4.79 Å². The fourth-order valence-electron chi connectivity index (χ4n) is 2.31. The van der Waals surface area contributed by atoms with Crippen molar-refractivity contribution in [3.8, 4) is 0 Å². The van der Waals surface area contributed by atoms with Crippen LogP contribution in [0.4, 0.5) is 0 Å². The zero-order valence-electron chi connectivity index (χ0n) is 11.1. The van der Waals surface area contributed by atoms with E-state index in [1.54, 1.807) is 6.92 Å². The summed E-state index contributed by atoms with van der Waals surface area (Å²) < 4.78 is 0. The maximum absolute atomic E-state index is 11.2. The van der Waals surface area contributed by atoms with Gasteiger partial charge in [-0.15, -0.1) is 0 Å². The second-order valence-corrected chi connectivity index (χ2v) is 5.06. The smallest absolute Gasteiger partial charge is 0.159 e. The average Bonchev–Trinajstić information content (AvgIpc) is 2.38. The fourth-order valence-corrected chi connectivity index (χ4v) is 2.31. The Bertz CT molecular complexity index is 477. The third-order valence-corrected chi connectivity index (χ3v) is 3.63. The monoisotopic (exact) mass is 240 g/mol. The molecule has 1 unspecified atom stereocenters. The second-order valence-electron chi connectivity index (χ2n) is 5.06. The van der Waals surface area contributed by atoms with Crippen LogP contribution < -0.4 is 0 Å². The first-order chi connectivity index (χ1) is 8.66. The average molecular weight is 240 g/mol. The molecule has 1 aliphatic carbocycles. The van der Waals surface area contributed by atoms with E-state index in [-0.39, 0.29) is 5.78 Å². The van der Waals surface area contributed by atoms with Crippen LogP contribution in [0.1, 0.15) is 42.6 Å². The molecular formula is C17H20O. The first-order valence-corrected chi connectivity index (χ1v) is 6.62. The minimum atomic E-state index is 0.135. The van der Waals surface area contributed by atoms with E-state index in [0.717, 1.165) is 24.8 Å². The summed E-state index contributed by atoms with van der Waals surface area (Å²) in [5.41, 5.74) is 3.64. The van der Waals surface area contributed by atoms with Crippen molar-refractivity contribution in [1.29, 1.82) is 0 Å². The van der Waals surface area contributed by atoms with Crippen LogP contribution in [0.3, 0.4) is 0 Å². The predicted molar refractivity (Wildman–Crippen MR) is 75.8 cm³/mol. The summed E-state index contributed by atoms with van der Waals surface area (Å²) in [7, 11) is 0. The number of hydrogen-bond donors (Lipinski definition) is 0. The Balaban J connectivity index is 1.96. The molecule has 0 amide bonds. The van der Waals surface area contributed by atoms with E-state index >= 15 is 0 Å². The molecule has 94 valence electrons. The number of aryl methyl sites for hydroxylation is 1. The highest BCUT2D eigenvalue weighted by Crippen LogP contribution is 2.24. The lowest BCUT2D eigenvalue weighted by Crippen LogP contribution is -2.03. The van der Waals surface area contributed by atoms with Crippen molar-refractivity contribution in [2.45, 2.75) is 33.1 Å². The lowest BCUT2D eigenvalue weighted by molar-refractivity contribution is 0.101. The van der Waals surface area contributed by atoms with Gasteiger partial charge in [0.2, 0.25) is 0 Å². The van der Waals surface area contributed by atoms with Crippen LogP contribution in [0.25, 0.3) is 0 Å². The van der Waals surface area contributed by atoms with Crippen molar-refractivity contribution >= 4 is 5.78 Å². The van der Waals surface area contributed by atoms with Gasteiger partial charge in [-0.05, 0) is 37.7 Å². The standard InChI is InChI=1S/C17H20O/c1-13-5-3-4-6-16(13)10-7-15-8-11-17(12-9-15)14(2)18/h3-4,6,8-9,11-13H,5,7,10H2,1-2H3. The Kier molecular flexibility index (Phi) is 4.14. The summed E-state index contributed by atoms with van der Waals surface area (Å²) in [5.74, 6) is 0.807. The summed E-state index contributed by atoms with van der Waals surface area (Å²) in [5, 5.41) is 0. The molecule has 18 heavy (non-hydrogen) atoms. The maximum atomic E-state index is 11.2. The zero-order valence-corrected chi connectivity index (χ0v) is 11.1. The molecule has 0 aromatic heterocycles. The van der Waals surface area contributed by atoms with Crippen molar-refractivity contribution in [1.82, 2.24) is 0 Å². The van der Waals surface area contributed by atoms with Crippen LogP contribution in [0, 0.1) is 5.92 Å². The van der Waals surface area contributed by atoms with Crippen LogP contribution in [0.15, 0.2) is 48.1 Å². The predicted octanol–water partition coefficient (Wildman–Crippen LogP) is 4.34. The molecule has 1 heteroatoms. The molecule has 1 aromatic rings. The Morgan fingerprint density at radius 3 is 2.56 bits per heavy atom. The van der Waals surface area contributed by atoms with E-state index in [2.05, 4.69) is 37.3 Å². The fraction of sp³-hybridized carbons (Fsp3) is 0.353. The van der Waals surface area contributed by atoms with Gasteiger partial charge in [0.1, 0.15) is 0 Å². The number of Topliss-reactive ketones (excluding diaryl/α,β-unsaturated/α-hetero) is 1. The zero-order chi connectivity index (χ0) is 13.0. The van der Waals surface area contributed by atoms with Crippen LogP contribution in [0.5, 0.6) is 0 Å². The molecule has 1 atom stereocenters. The molecule has 0 spiro atoms. The second kappa shape index (κ2) is 5.81. The van der Waals surface area contributed by atoms with Crippen molar-refractivity contribution in [2.24, 2.45) is 5.92 Å². The lowest BCUT2D eigenvalue weighted by atomic mass is 9.89. The number of carbonyl (C=O) groups is 1. The molecular weight excluding hydrogens is 220 g/mol. The van der Waals surface area contributed by atoms with Gasteiger partial charge in [0.05, 0.1) is 0 Å². The number of ketones is 1. The van der Waals surface area contributed by atoms with Crippen molar-refractivity contribution in [3.05, 3.63) is 59.2 Å². The highest BCUT2D eigenvalue weighted by molar-refractivity contribution is 5.93. The van der Waals surface area contributed by atoms with E-state index in [1.807, 2.05) is 12.1 Å². The van der Waals surface area contributed by atoms with E-state index in [1.165, 1.54) is 11.1 Å². The van der Waals surface area contributed by atoms with Crippen LogP contribution in [0.2, 0.25) is 0 Å². The number of carbonyl (C=O) groups excluding carboxylic acids is 1. The van der Waals surface area contributed by atoms with Crippen molar-refractivity contribution < 1.29 is 4.79 Å². The molecule has 1 nitrogen and oxygen atoms in total. The minimum absolute atomic E-state index is 0.135. The molecule has 0 bridgehead atoms. The molecule has 0 aliphatic heterocycles. The highest BCUT2D eigenvalue weighted by Gasteiger charge is 2.09. The summed E-state index contributed by atoms with van der Waals surface area (Å²) >= 11 is 0. The quantitative estimate of drug-likeness (QED) is 0.715. The summed E-state index contributed by atoms with van der Waals surface area (Å²) in [4.78, 5) is 11.2. The normalized spacial score (nSPS) is 18.6. The Morgan fingerprint density at radius 1 is 1.22 bits per heavy atom. The summed E-state index contributed by atoms with van der Waals surface area (Å²) in [6.07, 6.45) is 9.98. The largest absolute Gasteiger partial charge is 0.295 e. The van der Waals surface area contributed by atoms with Gasteiger partial charge in [-0.1, -0.05) is 55.0 Å². The highest BCUT2D eigenvalue weighted by atomic mass is 16.1. The topological polar surface area (TPSA) is 17.1 Å². The molecule has 1 aliphatic rings. The SMILES string of the molecule is CC(=O)c1ccc(CCC2=CC=CCC2C)cc1. The lowest BCUT2D eigenvalue weighted by Gasteiger charge is -2.17. The first-order valence-electron chi connectivity index (χ1n) is 6.62. The van der Waals surface area contributed by atoms with Gasteiger partial charge >= 0.3 is 0 Å². The van der Waals surface area contributed by atoms with Gasteiger partial charge in [0, 0.05) is 5.56 Å². The number of benzene rings is 1. The van der Waals surface area contributed by atoms with E-state index < -0.39 is 0 Å². The minimum Gasteiger partial charge on any atom is -0.295 e. The van der Waals surface area contributed by atoms with Gasteiger partial charge in [-0.2, -0.15) is 0 Å². The third-order valence-electron chi connectivity index (χ3n) is 3.63. The van der Waals surface area contributed by atoms with Crippen molar-refractivity contribution in [3.63, 3.8) is 0 Å². The van der Waals surface area contributed by atoms with Crippen molar-refractivity contribution in [2.75, 3.05) is 0 Å². The third kappa shape index (κ3) is 3.19. The Morgan fingerprint density at radius 2 is 1.94 bits per heavy atom. The number of rotatable bonds is 4. The van der Waals surface area contributed by atoms with Crippen LogP contribution in [-0.4, -0.2) is 5.78 Å². The molecule has 0 saturated carbocycles. The molecule has 2 rings (SSSR count). The van der Waals surface area contributed by atoms with Gasteiger partial charge < -0.3 is 0 Å². The van der Waals surface area contributed by atoms with Gasteiger partial charge in [-0.25, -0.2) is 0 Å².